The van der Waals surface area contributed by atoms with Gasteiger partial charge in [0.25, 0.3) is 0 Å². The van der Waals surface area contributed by atoms with Gasteiger partial charge in [-0.15, -0.1) is 0 Å². The summed E-state index contributed by atoms with van der Waals surface area (Å²) < 4.78 is 0. The lowest BCUT2D eigenvalue weighted by Gasteiger charge is -2.37. The average Bonchev–Trinajstić information content (AvgIpc) is 2.22. The van der Waals surface area contributed by atoms with Crippen molar-refractivity contribution in [1.82, 2.24) is 5.32 Å². The number of carbonyl (C=O) groups is 1. The van der Waals surface area contributed by atoms with Crippen LogP contribution in [0.15, 0.2) is 30.3 Å². The molecule has 1 saturated carbocycles. The molecule has 92 valence electrons. The Bertz CT molecular complexity index is 388. The van der Waals surface area contributed by atoms with Gasteiger partial charge in [-0.2, -0.15) is 0 Å². The van der Waals surface area contributed by atoms with Crippen molar-refractivity contribution in [3.8, 4) is 0 Å². The molecule has 0 aliphatic heterocycles. The van der Waals surface area contributed by atoms with E-state index in [1.54, 1.807) is 13.8 Å². The Balaban J connectivity index is 1.82. The first-order valence-electron chi connectivity index (χ1n) is 6.11. The topological polar surface area (TPSA) is 55.1 Å². The summed E-state index contributed by atoms with van der Waals surface area (Å²) in [6.45, 7) is 3.46. The van der Waals surface area contributed by atoms with Gasteiger partial charge in [0.15, 0.2) is 0 Å². The van der Waals surface area contributed by atoms with E-state index in [0.717, 1.165) is 12.8 Å². The molecule has 1 aliphatic carbocycles. The first-order chi connectivity index (χ1) is 7.97. The number of nitrogens with two attached hydrogens (primary N) is 1. The van der Waals surface area contributed by atoms with E-state index in [1.807, 2.05) is 6.07 Å². The molecule has 3 heteroatoms. The second-order valence-electron chi connectivity index (χ2n) is 5.47. The van der Waals surface area contributed by atoms with Gasteiger partial charge < -0.3 is 11.1 Å². The van der Waals surface area contributed by atoms with Gasteiger partial charge in [-0.1, -0.05) is 30.3 Å². The molecule has 17 heavy (non-hydrogen) atoms. The summed E-state index contributed by atoms with van der Waals surface area (Å²) in [6.07, 6.45) is 2.04. The second-order valence-corrected chi connectivity index (χ2v) is 5.47. The summed E-state index contributed by atoms with van der Waals surface area (Å²) in [6, 6.07) is 10.7. The molecule has 1 aromatic rings. The number of rotatable bonds is 3. The molecule has 0 radical (unpaired) electrons. The first-order valence-corrected chi connectivity index (χ1v) is 6.11. The number of hydrogen-bond acceptors (Lipinski definition) is 2. The molecule has 1 fully saturated rings. The van der Waals surface area contributed by atoms with E-state index >= 15 is 0 Å². The third-order valence-corrected chi connectivity index (χ3v) is 3.33. The lowest BCUT2D eigenvalue weighted by molar-refractivity contribution is -0.126. The summed E-state index contributed by atoms with van der Waals surface area (Å²) in [5.74, 6) is 0.524. The Morgan fingerprint density at radius 2 is 1.88 bits per heavy atom. The number of hydrogen-bond donors (Lipinski definition) is 2. The maximum atomic E-state index is 11.7. The van der Waals surface area contributed by atoms with Crippen molar-refractivity contribution in [2.24, 2.45) is 5.73 Å². The van der Waals surface area contributed by atoms with Crippen LogP contribution in [0, 0.1) is 0 Å². The van der Waals surface area contributed by atoms with Crippen molar-refractivity contribution >= 4 is 5.91 Å². The Morgan fingerprint density at radius 3 is 2.41 bits per heavy atom. The zero-order valence-corrected chi connectivity index (χ0v) is 10.4. The largest absolute Gasteiger partial charge is 0.352 e. The fourth-order valence-corrected chi connectivity index (χ4v) is 2.10. The summed E-state index contributed by atoms with van der Waals surface area (Å²) >= 11 is 0. The summed E-state index contributed by atoms with van der Waals surface area (Å²) in [7, 11) is 0. The van der Waals surface area contributed by atoms with Crippen LogP contribution in [0.2, 0.25) is 0 Å². The van der Waals surface area contributed by atoms with Crippen LogP contribution in [0.25, 0.3) is 0 Å². The summed E-state index contributed by atoms with van der Waals surface area (Å²) in [5, 5.41) is 2.99. The Morgan fingerprint density at radius 1 is 1.29 bits per heavy atom. The molecule has 0 unspecified atom stereocenters. The molecule has 3 N–H and O–H groups in total. The molecule has 0 spiro atoms. The van der Waals surface area contributed by atoms with Crippen LogP contribution >= 0.6 is 0 Å². The van der Waals surface area contributed by atoms with Crippen LogP contribution in [0.3, 0.4) is 0 Å². The predicted octanol–water partition coefficient (Wildman–Crippen LogP) is 1.79. The molecule has 0 saturated heterocycles. The lowest BCUT2D eigenvalue weighted by atomic mass is 9.75. The quantitative estimate of drug-likeness (QED) is 0.834. The van der Waals surface area contributed by atoms with E-state index in [1.165, 1.54) is 5.56 Å². The Labute approximate surface area is 102 Å². The third kappa shape index (κ3) is 2.86. The number of benzene rings is 1. The number of carbonyl (C=O) groups excluding carboxylic acids is 1. The van der Waals surface area contributed by atoms with Gasteiger partial charge in [0, 0.05) is 6.04 Å². The van der Waals surface area contributed by atoms with Crippen molar-refractivity contribution in [2.75, 3.05) is 0 Å². The molecule has 0 atom stereocenters. The second kappa shape index (κ2) is 4.49. The molecule has 3 nitrogen and oxygen atoms in total. The van der Waals surface area contributed by atoms with Gasteiger partial charge in [-0.25, -0.2) is 0 Å². The third-order valence-electron chi connectivity index (χ3n) is 3.33. The monoisotopic (exact) mass is 232 g/mol. The van der Waals surface area contributed by atoms with Crippen LogP contribution in [-0.4, -0.2) is 17.5 Å². The van der Waals surface area contributed by atoms with Crippen molar-refractivity contribution < 1.29 is 4.79 Å². The molecule has 1 aliphatic rings. The van der Waals surface area contributed by atoms with Crippen molar-refractivity contribution in [2.45, 2.75) is 44.2 Å². The van der Waals surface area contributed by atoms with Gasteiger partial charge in [-0.05, 0) is 38.2 Å². The minimum Gasteiger partial charge on any atom is -0.352 e. The van der Waals surface area contributed by atoms with Crippen LogP contribution in [-0.2, 0) is 4.79 Å². The maximum absolute atomic E-state index is 11.7. The SMILES string of the molecule is CC(C)(N)C(=O)NC1CC(c2ccccc2)C1. The van der Waals surface area contributed by atoms with Gasteiger partial charge in [0.1, 0.15) is 0 Å². The van der Waals surface area contributed by atoms with E-state index < -0.39 is 5.54 Å². The molecule has 0 heterocycles. The fourth-order valence-electron chi connectivity index (χ4n) is 2.10. The van der Waals surface area contributed by atoms with E-state index in [-0.39, 0.29) is 11.9 Å². The average molecular weight is 232 g/mol. The molecule has 1 amide bonds. The highest BCUT2D eigenvalue weighted by molar-refractivity contribution is 5.85. The van der Waals surface area contributed by atoms with Gasteiger partial charge in [0.2, 0.25) is 5.91 Å². The van der Waals surface area contributed by atoms with Gasteiger partial charge in [-0.3, -0.25) is 4.79 Å². The standard InChI is InChI=1S/C14H20N2O/c1-14(2,15)13(17)16-12-8-11(9-12)10-6-4-3-5-7-10/h3-7,11-12H,8-9,15H2,1-2H3,(H,16,17). The van der Waals surface area contributed by atoms with Crippen LogP contribution < -0.4 is 11.1 Å². The van der Waals surface area contributed by atoms with E-state index in [2.05, 4.69) is 29.6 Å². The molecule has 2 rings (SSSR count). The molecule has 0 aromatic heterocycles. The highest BCUT2D eigenvalue weighted by Crippen LogP contribution is 2.36. The molecule has 0 bridgehead atoms. The van der Waals surface area contributed by atoms with Crippen LogP contribution in [0.5, 0.6) is 0 Å². The van der Waals surface area contributed by atoms with Gasteiger partial charge >= 0.3 is 0 Å². The molecular weight excluding hydrogens is 212 g/mol. The normalized spacial score (nSPS) is 23.9. The fraction of sp³-hybridized carbons (Fsp3) is 0.500. The summed E-state index contributed by atoms with van der Waals surface area (Å²) in [4.78, 5) is 11.7. The predicted molar refractivity (Wildman–Crippen MR) is 68.6 cm³/mol. The van der Waals surface area contributed by atoms with Crippen molar-refractivity contribution in [3.05, 3.63) is 35.9 Å². The highest BCUT2D eigenvalue weighted by Gasteiger charge is 2.33. The zero-order valence-electron chi connectivity index (χ0n) is 10.4. The minimum absolute atomic E-state index is 0.0611. The molecular formula is C14H20N2O. The van der Waals surface area contributed by atoms with E-state index in [4.69, 9.17) is 5.73 Å². The minimum atomic E-state index is -0.780. The smallest absolute Gasteiger partial charge is 0.239 e. The van der Waals surface area contributed by atoms with E-state index in [0.29, 0.717) is 5.92 Å². The Hall–Kier alpha value is -1.35. The zero-order chi connectivity index (χ0) is 12.5. The first kappa shape index (κ1) is 12.1. The van der Waals surface area contributed by atoms with Crippen LogP contribution in [0.4, 0.5) is 0 Å². The summed E-state index contributed by atoms with van der Waals surface area (Å²) in [5.41, 5.74) is 6.33. The van der Waals surface area contributed by atoms with E-state index in [9.17, 15) is 4.79 Å². The molecule has 1 aromatic carbocycles. The van der Waals surface area contributed by atoms with Crippen molar-refractivity contribution in [3.63, 3.8) is 0 Å². The Kier molecular flexibility index (Phi) is 3.20. The lowest BCUT2D eigenvalue weighted by Crippen LogP contribution is -2.54. The number of amides is 1. The highest BCUT2D eigenvalue weighted by atomic mass is 16.2. The number of nitrogens with one attached hydrogen (secondary N) is 1. The van der Waals surface area contributed by atoms with Crippen LogP contribution in [0.1, 0.15) is 38.2 Å². The van der Waals surface area contributed by atoms with Crippen molar-refractivity contribution in [1.29, 1.82) is 0 Å². The maximum Gasteiger partial charge on any atom is 0.239 e. The van der Waals surface area contributed by atoms with Gasteiger partial charge in [0.05, 0.1) is 5.54 Å².